The molecule has 0 aliphatic rings. The fraction of sp³-hybridized carbons (Fsp3) is 0.370. The summed E-state index contributed by atoms with van der Waals surface area (Å²) in [5.41, 5.74) is 1.96. The lowest BCUT2D eigenvalue weighted by Crippen LogP contribution is -2.47. The van der Waals surface area contributed by atoms with Gasteiger partial charge in [0, 0.05) is 16.7 Å². The topological polar surface area (TPSA) is 62.9 Å². The van der Waals surface area contributed by atoms with Gasteiger partial charge in [0.2, 0.25) is 0 Å². The number of furan rings is 1. The normalized spacial score (nSPS) is 11.4. The molecule has 1 amide bonds. The van der Waals surface area contributed by atoms with Gasteiger partial charge in [-0.1, -0.05) is 56.5 Å². The summed E-state index contributed by atoms with van der Waals surface area (Å²) < 4.78 is 11.1. The number of para-hydroxylation sites is 1. The second-order valence-electron chi connectivity index (χ2n) is 8.49. The van der Waals surface area contributed by atoms with Crippen molar-refractivity contribution in [3.8, 4) is 16.9 Å². The number of rotatable bonds is 11. The third-order valence-corrected chi connectivity index (χ3v) is 5.45. The Kier molecular flexibility index (Phi) is 8.12. The molecule has 0 spiro atoms. The molecule has 0 aliphatic carbocycles. The Balaban J connectivity index is 1.75. The Labute approximate surface area is 190 Å². The van der Waals surface area contributed by atoms with Crippen LogP contribution in [0.25, 0.3) is 11.1 Å². The molecule has 3 aromatic rings. The highest BCUT2D eigenvalue weighted by Gasteiger charge is 2.30. The average molecular weight is 436 g/mol. The van der Waals surface area contributed by atoms with Crippen molar-refractivity contribution in [2.24, 2.45) is 0 Å². The maximum atomic E-state index is 13.3. The van der Waals surface area contributed by atoms with Gasteiger partial charge in [-0.3, -0.25) is 4.79 Å². The van der Waals surface area contributed by atoms with Crippen molar-refractivity contribution in [3.63, 3.8) is 0 Å². The number of carbonyl (C=O) groups excluding carboxylic acids is 1. The highest BCUT2D eigenvalue weighted by Crippen LogP contribution is 2.26. The Bertz CT molecular complexity index is 972. The minimum atomic E-state index is -1.34. The number of amides is 1. The predicted octanol–water partition coefficient (Wildman–Crippen LogP) is 6.28. The molecule has 0 aliphatic heterocycles. The smallest absolute Gasteiger partial charge is 0.256 e. The fourth-order valence-corrected chi connectivity index (χ4v) is 3.56. The van der Waals surface area contributed by atoms with Gasteiger partial charge in [-0.05, 0) is 50.1 Å². The van der Waals surface area contributed by atoms with Crippen LogP contribution in [0.4, 0.5) is 0 Å². The first kappa shape index (κ1) is 23.6. The van der Waals surface area contributed by atoms with E-state index in [1.807, 2.05) is 42.5 Å². The van der Waals surface area contributed by atoms with Crippen molar-refractivity contribution < 1.29 is 19.1 Å². The first-order chi connectivity index (χ1) is 15.4. The van der Waals surface area contributed by atoms with Crippen LogP contribution < -0.4 is 4.74 Å². The molecule has 0 unspecified atom stereocenters. The Morgan fingerprint density at radius 1 is 1.00 bits per heavy atom. The molecule has 0 atom stereocenters. The largest absolute Gasteiger partial charge is 0.493 e. The molecule has 5 heteroatoms. The van der Waals surface area contributed by atoms with Crippen LogP contribution in [0.2, 0.25) is 0 Å². The molecule has 0 saturated heterocycles. The number of ether oxygens (including phenoxy) is 1. The Morgan fingerprint density at radius 2 is 1.75 bits per heavy atom. The molecule has 5 nitrogen and oxygen atoms in total. The standard InChI is InChI=1S/C27H33NO4/c1-4-5-6-9-17-32-25-11-8-7-10-23(25)19-28(27(2,3)30)26(29)22-14-12-21(13-15-22)24-16-18-31-20-24/h7-8,10-16,18,20,30H,4-6,9,17,19H2,1-3H3. The number of unbranched alkanes of at least 4 members (excludes halogenated alkanes) is 3. The van der Waals surface area contributed by atoms with Gasteiger partial charge in [0.15, 0.2) is 0 Å². The number of carbonyl (C=O) groups is 1. The van der Waals surface area contributed by atoms with Crippen LogP contribution in [0, 0.1) is 0 Å². The molecule has 0 saturated carbocycles. The van der Waals surface area contributed by atoms with Crippen molar-refractivity contribution in [1.82, 2.24) is 4.90 Å². The van der Waals surface area contributed by atoms with E-state index in [0.29, 0.717) is 12.2 Å². The van der Waals surface area contributed by atoms with E-state index >= 15 is 0 Å². The summed E-state index contributed by atoms with van der Waals surface area (Å²) in [6.45, 7) is 6.32. The molecule has 32 heavy (non-hydrogen) atoms. The molecule has 1 heterocycles. The molecule has 3 rings (SSSR count). The van der Waals surface area contributed by atoms with Crippen molar-refractivity contribution >= 4 is 5.91 Å². The van der Waals surface area contributed by atoms with E-state index in [1.165, 1.54) is 17.7 Å². The van der Waals surface area contributed by atoms with E-state index in [1.54, 1.807) is 38.5 Å². The summed E-state index contributed by atoms with van der Waals surface area (Å²) in [5, 5.41) is 10.8. The lowest BCUT2D eigenvalue weighted by Gasteiger charge is -2.34. The van der Waals surface area contributed by atoms with Crippen LogP contribution in [0.5, 0.6) is 5.75 Å². The molecular formula is C27H33NO4. The van der Waals surface area contributed by atoms with Crippen LogP contribution in [0.15, 0.2) is 71.5 Å². The summed E-state index contributed by atoms with van der Waals surface area (Å²) >= 11 is 0. The maximum absolute atomic E-state index is 13.3. The molecule has 1 aromatic heterocycles. The van der Waals surface area contributed by atoms with Crippen LogP contribution in [-0.2, 0) is 6.54 Å². The fourth-order valence-electron chi connectivity index (χ4n) is 3.56. The zero-order valence-corrected chi connectivity index (χ0v) is 19.2. The number of aliphatic hydroxyl groups is 1. The lowest BCUT2D eigenvalue weighted by atomic mass is 10.0. The van der Waals surface area contributed by atoms with Gasteiger partial charge in [0.1, 0.15) is 11.5 Å². The average Bonchev–Trinajstić information content (AvgIpc) is 3.32. The second kappa shape index (κ2) is 11.0. The quantitative estimate of drug-likeness (QED) is 0.284. The summed E-state index contributed by atoms with van der Waals surface area (Å²) in [6, 6.07) is 16.9. The van der Waals surface area contributed by atoms with Crippen molar-refractivity contribution in [2.75, 3.05) is 6.61 Å². The van der Waals surface area contributed by atoms with E-state index in [9.17, 15) is 9.90 Å². The number of nitrogens with zero attached hydrogens (tertiary/aromatic N) is 1. The molecular weight excluding hydrogens is 402 g/mol. The summed E-state index contributed by atoms with van der Waals surface area (Å²) in [7, 11) is 0. The third kappa shape index (κ3) is 6.24. The number of hydrogen-bond acceptors (Lipinski definition) is 4. The Hall–Kier alpha value is -3.05. The molecule has 2 aromatic carbocycles. The zero-order valence-electron chi connectivity index (χ0n) is 19.2. The summed E-state index contributed by atoms with van der Waals surface area (Å²) in [5.74, 6) is 0.510. The van der Waals surface area contributed by atoms with Gasteiger partial charge < -0.3 is 19.2 Å². The van der Waals surface area contributed by atoms with E-state index < -0.39 is 5.72 Å². The van der Waals surface area contributed by atoms with Gasteiger partial charge in [-0.25, -0.2) is 0 Å². The van der Waals surface area contributed by atoms with Gasteiger partial charge in [-0.2, -0.15) is 0 Å². The van der Waals surface area contributed by atoms with Crippen LogP contribution >= 0.6 is 0 Å². The van der Waals surface area contributed by atoms with Crippen molar-refractivity contribution in [2.45, 2.75) is 58.7 Å². The number of hydrogen-bond donors (Lipinski definition) is 1. The minimum Gasteiger partial charge on any atom is -0.493 e. The van der Waals surface area contributed by atoms with E-state index in [0.717, 1.165) is 35.3 Å². The third-order valence-electron chi connectivity index (χ3n) is 5.45. The predicted molar refractivity (Wildman–Crippen MR) is 126 cm³/mol. The van der Waals surface area contributed by atoms with Crippen LogP contribution in [0.1, 0.15) is 62.4 Å². The monoisotopic (exact) mass is 435 g/mol. The molecule has 170 valence electrons. The summed E-state index contributed by atoms with van der Waals surface area (Å²) in [6.07, 6.45) is 7.81. The Morgan fingerprint density at radius 3 is 2.41 bits per heavy atom. The van der Waals surface area contributed by atoms with Crippen molar-refractivity contribution in [1.29, 1.82) is 0 Å². The SMILES string of the molecule is CCCCCCOc1ccccc1CN(C(=O)c1ccc(-c2ccoc2)cc1)C(C)(C)O. The molecule has 1 N–H and O–H groups in total. The summed E-state index contributed by atoms with van der Waals surface area (Å²) in [4.78, 5) is 14.8. The highest BCUT2D eigenvalue weighted by molar-refractivity contribution is 5.95. The highest BCUT2D eigenvalue weighted by atomic mass is 16.5. The molecule has 0 radical (unpaired) electrons. The number of benzene rings is 2. The minimum absolute atomic E-state index is 0.242. The molecule has 0 bridgehead atoms. The van der Waals surface area contributed by atoms with Gasteiger partial charge in [-0.15, -0.1) is 0 Å². The lowest BCUT2D eigenvalue weighted by molar-refractivity contribution is -0.0628. The van der Waals surface area contributed by atoms with Gasteiger partial charge in [0.25, 0.3) is 5.91 Å². The zero-order chi connectivity index (χ0) is 23.0. The van der Waals surface area contributed by atoms with Crippen molar-refractivity contribution in [3.05, 3.63) is 78.3 Å². The molecule has 0 fully saturated rings. The van der Waals surface area contributed by atoms with E-state index in [4.69, 9.17) is 9.15 Å². The van der Waals surface area contributed by atoms with Gasteiger partial charge >= 0.3 is 0 Å². The van der Waals surface area contributed by atoms with Crippen LogP contribution in [-0.4, -0.2) is 28.2 Å². The van der Waals surface area contributed by atoms with Crippen LogP contribution in [0.3, 0.4) is 0 Å². The van der Waals surface area contributed by atoms with E-state index in [2.05, 4.69) is 6.92 Å². The van der Waals surface area contributed by atoms with Gasteiger partial charge in [0.05, 0.1) is 25.7 Å². The maximum Gasteiger partial charge on any atom is 0.256 e. The van der Waals surface area contributed by atoms with E-state index in [-0.39, 0.29) is 12.5 Å². The second-order valence-corrected chi connectivity index (χ2v) is 8.49. The first-order valence-corrected chi connectivity index (χ1v) is 11.3. The first-order valence-electron chi connectivity index (χ1n) is 11.3.